The van der Waals surface area contributed by atoms with E-state index in [2.05, 4.69) is 15.4 Å². The number of para-hydroxylation sites is 1. The summed E-state index contributed by atoms with van der Waals surface area (Å²) in [5, 5.41) is 15.9. The van der Waals surface area contributed by atoms with Gasteiger partial charge in [0, 0.05) is 10.6 Å². The predicted molar refractivity (Wildman–Crippen MR) is 118 cm³/mol. The minimum absolute atomic E-state index is 0.105. The molecule has 1 aromatic carbocycles. The predicted octanol–water partition coefficient (Wildman–Crippen LogP) is 3.95. The van der Waals surface area contributed by atoms with Gasteiger partial charge in [0.2, 0.25) is 0 Å². The number of esters is 1. The minimum Gasteiger partial charge on any atom is -0.451 e. The van der Waals surface area contributed by atoms with Crippen LogP contribution >= 0.6 is 23.4 Å². The van der Waals surface area contributed by atoms with Crippen LogP contribution in [0.2, 0.25) is 5.02 Å². The third-order valence-corrected chi connectivity index (χ3v) is 5.28. The van der Waals surface area contributed by atoms with Crippen molar-refractivity contribution in [2.45, 2.75) is 18.7 Å². The first-order valence-corrected chi connectivity index (χ1v) is 10.5. The second-order valence-corrected chi connectivity index (χ2v) is 7.83. The van der Waals surface area contributed by atoms with Gasteiger partial charge in [-0.25, -0.2) is 14.5 Å². The zero-order valence-electron chi connectivity index (χ0n) is 16.8. The molecule has 1 N–H and O–H groups in total. The van der Waals surface area contributed by atoms with Crippen LogP contribution in [0, 0.1) is 25.2 Å². The van der Waals surface area contributed by atoms with Crippen LogP contribution in [-0.2, 0) is 9.53 Å². The number of ether oxygens (including phenoxy) is 1. The molecule has 0 bridgehead atoms. The number of amides is 1. The lowest BCUT2D eigenvalue weighted by Crippen LogP contribution is -2.22. The molecule has 2 heterocycles. The van der Waals surface area contributed by atoms with Gasteiger partial charge in [0.1, 0.15) is 0 Å². The molecule has 0 spiro atoms. The van der Waals surface area contributed by atoms with Gasteiger partial charge in [-0.2, -0.15) is 10.4 Å². The van der Waals surface area contributed by atoms with Gasteiger partial charge in [-0.1, -0.05) is 23.7 Å². The Morgan fingerprint density at radius 2 is 2.03 bits per heavy atom. The van der Waals surface area contributed by atoms with Crippen LogP contribution in [0.3, 0.4) is 0 Å². The zero-order chi connectivity index (χ0) is 22.4. The van der Waals surface area contributed by atoms with Crippen LogP contribution in [0.15, 0.2) is 47.4 Å². The number of hydrogen-bond donors (Lipinski definition) is 1. The van der Waals surface area contributed by atoms with Gasteiger partial charge in [0.05, 0.1) is 28.2 Å². The SMILES string of the molecule is Cc1cc(C)n(-c2ccc(Cl)c(C(=O)OCC(=O)Nc3ccccc3SCC#N)n2)n1. The smallest absolute Gasteiger partial charge is 0.359 e. The number of carbonyl (C=O) groups excluding carboxylic acids is 2. The molecule has 3 rings (SSSR count). The Bertz CT molecular complexity index is 1170. The Morgan fingerprint density at radius 1 is 1.26 bits per heavy atom. The maximum Gasteiger partial charge on any atom is 0.359 e. The standard InChI is InChI=1S/C21H18ClN5O3S/c1-13-11-14(2)27(26-13)18-8-7-15(22)20(25-18)21(29)30-12-19(28)24-16-5-3-4-6-17(16)31-10-9-23/h3-8,11H,10,12H2,1-2H3,(H,24,28). The minimum atomic E-state index is -0.823. The molecule has 3 aromatic rings. The lowest BCUT2D eigenvalue weighted by Gasteiger charge is -2.11. The average molecular weight is 456 g/mol. The number of pyridine rings is 1. The van der Waals surface area contributed by atoms with E-state index in [9.17, 15) is 9.59 Å². The molecule has 8 nitrogen and oxygen atoms in total. The number of rotatable bonds is 7. The fourth-order valence-corrected chi connectivity index (χ4v) is 3.60. The molecule has 2 aromatic heterocycles. The number of aryl methyl sites for hydroxylation is 2. The second kappa shape index (κ2) is 10.1. The Kier molecular flexibility index (Phi) is 7.28. The van der Waals surface area contributed by atoms with Gasteiger partial charge >= 0.3 is 5.97 Å². The first-order valence-electron chi connectivity index (χ1n) is 9.15. The van der Waals surface area contributed by atoms with E-state index in [0.717, 1.165) is 16.3 Å². The van der Waals surface area contributed by atoms with Gasteiger partial charge in [0.25, 0.3) is 5.91 Å². The number of thioether (sulfide) groups is 1. The van der Waals surface area contributed by atoms with Crippen molar-refractivity contribution in [3.8, 4) is 11.9 Å². The maximum absolute atomic E-state index is 12.5. The Morgan fingerprint density at radius 3 is 2.74 bits per heavy atom. The third-order valence-electron chi connectivity index (χ3n) is 4.04. The Labute approximate surface area is 188 Å². The molecule has 0 aliphatic rings. The maximum atomic E-state index is 12.5. The molecule has 10 heteroatoms. The van der Waals surface area contributed by atoms with E-state index in [4.69, 9.17) is 21.6 Å². The van der Waals surface area contributed by atoms with E-state index in [-0.39, 0.29) is 16.5 Å². The Hall–Kier alpha value is -3.35. The van der Waals surface area contributed by atoms with E-state index in [1.807, 2.05) is 26.0 Å². The van der Waals surface area contributed by atoms with Crippen molar-refractivity contribution in [1.82, 2.24) is 14.8 Å². The molecular weight excluding hydrogens is 438 g/mol. The molecule has 1 amide bonds. The largest absolute Gasteiger partial charge is 0.451 e. The summed E-state index contributed by atoms with van der Waals surface area (Å²) in [6.45, 7) is 3.20. The number of nitrogens with zero attached hydrogens (tertiary/aromatic N) is 4. The van der Waals surface area contributed by atoms with Crippen LogP contribution in [-0.4, -0.2) is 39.0 Å². The summed E-state index contributed by atoms with van der Waals surface area (Å²) >= 11 is 7.41. The fraction of sp³-hybridized carbons (Fsp3) is 0.190. The number of halogens is 1. The van der Waals surface area contributed by atoms with Crippen LogP contribution < -0.4 is 5.32 Å². The van der Waals surface area contributed by atoms with E-state index in [0.29, 0.717) is 11.5 Å². The quantitative estimate of drug-likeness (QED) is 0.424. The summed E-state index contributed by atoms with van der Waals surface area (Å²) in [6, 6.07) is 14.1. The van der Waals surface area contributed by atoms with E-state index in [1.165, 1.54) is 17.8 Å². The summed E-state index contributed by atoms with van der Waals surface area (Å²) in [5.74, 6) is -0.688. The average Bonchev–Trinajstić information content (AvgIpc) is 3.09. The first kappa shape index (κ1) is 22.3. The lowest BCUT2D eigenvalue weighted by molar-refractivity contribution is -0.119. The highest BCUT2D eigenvalue weighted by Gasteiger charge is 2.18. The molecule has 0 saturated carbocycles. The van der Waals surface area contributed by atoms with Crippen LogP contribution in [0.5, 0.6) is 0 Å². The van der Waals surface area contributed by atoms with Crippen molar-refractivity contribution in [3.63, 3.8) is 0 Å². The number of aromatic nitrogens is 3. The molecule has 0 aliphatic carbocycles. The van der Waals surface area contributed by atoms with Crippen molar-refractivity contribution >= 4 is 40.9 Å². The molecule has 0 fully saturated rings. The summed E-state index contributed by atoms with van der Waals surface area (Å²) in [5.41, 5.74) is 2.08. The van der Waals surface area contributed by atoms with Crippen LogP contribution in [0.4, 0.5) is 5.69 Å². The second-order valence-electron chi connectivity index (χ2n) is 6.41. The van der Waals surface area contributed by atoms with Crippen molar-refractivity contribution in [2.24, 2.45) is 0 Å². The molecule has 0 saturated heterocycles. The van der Waals surface area contributed by atoms with Crippen LogP contribution in [0.1, 0.15) is 21.9 Å². The molecule has 0 radical (unpaired) electrons. The molecule has 0 atom stereocenters. The van der Waals surface area contributed by atoms with E-state index in [1.54, 1.807) is 35.0 Å². The number of carbonyl (C=O) groups is 2. The monoisotopic (exact) mass is 455 g/mol. The third kappa shape index (κ3) is 5.63. The fourth-order valence-electron chi connectivity index (χ4n) is 2.75. The van der Waals surface area contributed by atoms with E-state index < -0.39 is 18.5 Å². The number of benzene rings is 1. The first-order chi connectivity index (χ1) is 14.9. The molecule has 31 heavy (non-hydrogen) atoms. The van der Waals surface area contributed by atoms with Crippen molar-refractivity contribution in [2.75, 3.05) is 17.7 Å². The highest BCUT2D eigenvalue weighted by Crippen LogP contribution is 2.26. The van der Waals surface area contributed by atoms with Crippen molar-refractivity contribution in [3.05, 3.63) is 64.6 Å². The summed E-state index contributed by atoms with van der Waals surface area (Å²) < 4.78 is 6.69. The topological polar surface area (TPSA) is 110 Å². The normalized spacial score (nSPS) is 10.4. The molecular formula is C21H18ClN5O3S. The highest BCUT2D eigenvalue weighted by molar-refractivity contribution is 7.99. The number of hydrogen-bond acceptors (Lipinski definition) is 7. The number of anilines is 1. The van der Waals surface area contributed by atoms with Crippen molar-refractivity contribution < 1.29 is 14.3 Å². The summed E-state index contributed by atoms with van der Waals surface area (Å²) in [7, 11) is 0. The molecule has 0 unspecified atom stereocenters. The summed E-state index contributed by atoms with van der Waals surface area (Å²) in [6.07, 6.45) is 0. The van der Waals surface area contributed by atoms with Gasteiger partial charge in [-0.3, -0.25) is 4.79 Å². The number of nitrogens with one attached hydrogen (secondary N) is 1. The molecule has 158 valence electrons. The summed E-state index contributed by atoms with van der Waals surface area (Å²) in [4.78, 5) is 29.7. The van der Waals surface area contributed by atoms with E-state index >= 15 is 0 Å². The van der Waals surface area contributed by atoms with Gasteiger partial charge in [-0.15, -0.1) is 11.8 Å². The highest BCUT2D eigenvalue weighted by atomic mass is 35.5. The zero-order valence-corrected chi connectivity index (χ0v) is 18.3. The van der Waals surface area contributed by atoms with Gasteiger partial charge < -0.3 is 10.1 Å². The lowest BCUT2D eigenvalue weighted by atomic mass is 10.3. The van der Waals surface area contributed by atoms with Gasteiger partial charge in [-0.05, 0) is 44.2 Å². The van der Waals surface area contributed by atoms with Crippen molar-refractivity contribution in [1.29, 1.82) is 5.26 Å². The number of nitriles is 1. The van der Waals surface area contributed by atoms with Crippen LogP contribution in [0.25, 0.3) is 5.82 Å². The Balaban J connectivity index is 1.67. The van der Waals surface area contributed by atoms with Gasteiger partial charge in [0.15, 0.2) is 18.1 Å². The molecule has 0 aliphatic heterocycles.